The van der Waals surface area contributed by atoms with Crippen LogP contribution in [0, 0.1) is 13.8 Å². The van der Waals surface area contributed by atoms with Crippen molar-refractivity contribution in [1.29, 1.82) is 0 Å². The van der Waals surface area contributed by atoms with Crippen LogP contribution in [0.2, 0.25) is 0 Å². The van der Waals surface area contributed by atoms with Crippen molar-refractivity contribution in [2.24, 2.45) is 0 Å². The lowest BCUT2D eigenvalue weighted by Crippen LogP contribution is -1.93. The summed E-state index contributed by atoms with van der Waals surface area (Å²) in [5.74, 6) is 0.758. The quantitative estimate of drug-likeness (QED) is 0.637. The zero-order chi connectivity index (χ0) is 8.97. The van der Waals surface area contributed by atoms with Gasteiger partial charge in [0.25, 0.3) is 0 Å². The van der Waals surface area contributed by atoms with Crippen LogP contribution in [0.25, 0.3) is 0 Å². The Morgan fingerprint density at radius 1 is 1.58 bits per heavy atom. The van der Waals surface area contributed by atoms with E-state index in [1.54, 1.807) is 12.1 Å². The van der Waals surface area contributed by atoms with Gasteiger partial charge in [0.15, 0.2) is 0 Å². The van der Waals surface area contributed by atoms with Gasteiger partial charge in [-0.15, -0.1) is 0 Å². The van der Waals surface area contributed by atoms with E-state index in [1.807, 2.05) is 13.0 Å². The Hall–Kier alpha value is -1.31. The fourth-order valence-corrected chi connectivity index (χ4v) is 0.988. The average molecular weight is 163 g/mol. The number of hydrogen-bond acceptors (Lipinski definition) is 2. The highest BCUT2D eigenvalue weighted by Gasteiger charge is 1.98. The molecule has 0 aliphatic rings. The second-order valence-electron chi connectivity index (χ2n) is 2.48. The molecule has 2 heteroatoms. The summed E-state index contributed by atoms with van der Waals surface area (Å²) in [7, 11) is 0. The summed E-state index contributed by atoms with van der Waals surface area (Å²) in [6, 6.07) is 5.34. The number of carbonyl (C=O) groups excluding carboxylic acids is 1. The molecule has 1 rings (SSSR count). The summed E-state index contributed by atoms with van der Waals surface area (Å²) in [6.07, 6.45) is 0.837. The third kappa shape index (κ3) is 1.84. The predicted octanol–water partition coefficient (Wildman–Crippen LogP) is 2.02. The first-order valence-electron chi connectivity index (χ1n) is 3.76. The number of benzene rings is 1. The topological polar surface area (TPSA) is 26.3 Å². The smallest absolute Gasteiger partial charge is 0.150 e. The number of hydrogen-bond donors (Lipinski definition) is 0. The molecule has 1 aromatic rings. The Bertz CT molecular complexity index is 279. The van der Waals surface area contributed by atoms with Gasteiger partial charge < -0.3 is 4.74 Å². The Labute approximate surface area is 72.2 Å². The van der Waals surface area contributed by atoms with Crippen molar-refractivity contribution in [3.63, 3.8) is 0 Å². The number of rotatable bonds is 3. The average Bonchev–Trinajstić information content (AvgIpc) is 2.05. The zero-order valence-corrected chi connectivity index (χ0v) is 7.04. The minimum Gasteiger partial charge on any atom is -0.494 e. The van der Waals surface area contributed by atoms with Crippen LogP contribution in [0.5, 0.6) is 5.75 Å². The molecule has 0 spiro atoms. The van der Waals surface area contributed by atoms with Crippen molar-refractivity contribution in [3.8, 4) is 5.75 Å². The lowest BCUT2D eigenvalue weighted by molar-refractivity contribution is 0.112. The van der Waals surface area contributed by atoms with Gasteiger partial charge in [-0.25, -0.2) is 0 Å². The fourth-order valence-electron chi connectivity index (χ4n) is 0.988. The maximum Gasteiger partial charge on any atom is 0.150 e. The minimum atomic E-state index is 0.403. The van der Waals surface area contributed by atoms with Gasteiger partial charge in [0.2, 0.25) is 0 Å². The summed E-state index contributed by atoms with van der Waals surface area (Å²) in [5.41, 5.74) is 1.63. The molecule has 0 N–H and O–H groups in total. The van der Waals surface area contributed by atoms with Crippen LogP contribution in [0.4, 0.5) is 0 Å². The minimum absolute atomic E-state index is 0.403. The standard InChI is InChI=1S/C10H11O2/c1-3-12-10-5-4-9(7-11)8(2)6-10/h4-7H,1,3H2,2H3. The Morgan fingerprint density at radius 3 is 2.83 bits per heavy atom. The van der Waals surface area contributed by atoms with E-state index in [2.05, 4.69) is 6.92 Å². The maximum atomic E-state index is 10.4. The molecule has 0 amide bonds. The number of aryl methyl sites for hydroxylation is 1. The highest BCUT2D eigenvalue weighted by Crippen LogP contribution is 2.15. The van der Waals surface area contributed by atoms with Crippen molar-refractivity contribution < 1.29 is 9.53 Å². The normalized spacial score (nSPS) is 9.50. The van der Waals surface area contributed by atoms with Crippen LogP contribution >= 0.6 is 0 Å². The highest BCUT2D eigenvalue weighted by atomic mass is 16.5. The predicted molar refractivity (Wildman–Crippen MR) is 47.4 cm³/mol. The molecule has 0 atom stereocenters. The van der Waals surface area contributed by atoms with Gasteiger partial charge in [0, 0.05) is 5.56 Å². The van der Waals surface area contributed by atoms with Crippen molar-refractivity contribution in [3.05, 3.63) is 36.2 Å². The number of ether oxygens (including phenoxy) is 1. The van der Waals surface area contributed by atoms with Crippen LogP contribution in [0.1, 0.15) is 15.9 Å². The van der Waals surface area contributed by atoms with Crippen LogP contribution in [-0.2, 0) is 0 Å². The molecule has 1 radical (unpaired) electrons. The maximum absolute atomic E-state index is 10.4. The van der Waals surface area contributed by atoms with E-state index in [4.69, 9.17) is 4.74 Å². The SMILES string of the molecule is [CH2]COc1ccc(C=O)c(C)c1. The van der Waals surface area contributed by atoms with E-state index < -0.39 is 0 Å². The van der Waals surface area contributed by atoms with Gasteiger partial charge in [-0.2, -0.15) is 0 Å². The van der Waals surface area contributed by atoms with Gasteiger partial charge in [-0.05, 0) is 37.6 Å². The molecule has 0 bridgehead atoms. The molecule has 0 saturated heterocycles. The molecule has 1 aromatic carbocycles. The van der Waals surface area contributed by atoms with Crippen molar-refractivity contribution in [2.45, 2.75) is 6.92 Å². The third-order valence-electron chi connectivity index (χ3n) is 1.64. The van der Waals surface area contributed by atoms with Gasteiger partial charge in [-0.3, -0.25) is 4.79 Å². The highest BCUT2D eigenvalue weighted by molar-refractivity contribution is 5.77. The van der Waals surface area contributed by atoms with Gasteiger partial charge in [0.1, 0.15) is 12.0 Å². The third-order valence-corrected chi connectivity index (χ3v) is 1.64. The van der Waals surface area contributed by atoms with Crippen molar-refractivity contribution >= 4 is 6.29 Å². The van der Waals surface area contributed by atoms with Crippen molar-refractivity contribution in [1.82, 2.24) is 0 Å². The Morgan fingerprint density at radius 2 is 2.33 bits per heavy atom. The molecule has 0 heterocycles. The van der Waals surface area contributed by atoms with E-state index in [9.17, 15) is 4.79 Å². The molecule has 0 fully saturated rings. The Kier molecular flexibility index (Phi) is 2.86. The van der Waals surface area contributed by atoms with E-state index in [0.717, 1.165) is 17.6 Å². The van der Waals surface area contributed by atoms with Crippen LogP contribution in [0.3, 0.4) is 0 Å². The number of carbonyl (C=O) groups is 1. The monoisotopic (exact) mass is 163 g/mol. The largest absolute Gasteiger partial charge is 0.494 e. The number of aldehydes is 1. The molecule has 12 heavy (non-hydrogen) atoms. The van der Waals surface area contributed by atoms with Gasteiger partial charge in [0.05, 0.1) is 6.61 Å². The van der Waals surface area contributed by atoms with Crippen LogP contribution < -0.4 is 4.74 Å². The lowest BCUT2D eigenvalue weighted by Gasteiger charge is -2.04. The lowest BCUT2D eigenvalue weighted by atomic mass is 10.1. The Balaban J connectivity index is 2.93. The van der Waals surface area contributed by atoms with Crippen LogP contribution in [0.15, 0.2) is 18.2 Å². The summed E-state index contributed by atoms with van der Waals surface area (Å²) >= 11 is 0. The molecule has 63 valence electrons. The summed E-state index contributed by atoms with van der Waals surface area (Å²) in [4.78, 5) is 10.4. The molecular weight excluding hydrogens is 152 g/mol. The molecule has 2 nitrogen and oxygen atoms in total. The first-order chi connectivity index (χ1) is 5.77. The van der Waals surface area contributed by atoms with Gasteiger partial charge in [-0.1, -0.05) is 0 Å². The zero-order valence-electron chi connectivity index (χ0n) is 7.04. The fraction of sp³-hybridized carbons (Fsp3) is 0.200. The van der Waals surface area contributed by atoms with Gasteiger partial charge >= 0.3 is 0 Å². The van der Waals surface area contributed by atoms with Crippen LogP contribution in [-0.4, -0.2) is 12.9 Å². The molecular formula is C10H11O2. The van der Waals surface area contributed by atoms with E-state index >= 15 is 0 Å². The first-order valence-corrected chi connectivity index (χ1v) is 3.76. The summed E-state index contributed by atoms with van der Waals surface area (Å²) in [5, 5.41) is 0. The summed E-state index contributed by atoms with van der Waals surface area (Å²) < 4.78 is 5.16. The van der Waals surface area contributed by atoms with E-state index in [-0.39, 0.29) is 0 Å². The molecule has 0 saturated carbocycles. The molecule has 0 aromatic heterocycles. The molecule has 0 aliphatic heterocycles. The second kappa shape index (κ2) is 3.90. The van der Waals surface area contributed by atoms with Crippen molar-refractivity contribution in [2.75, 3.05) is 6.61 Å². The second-order valence-corrected chi connectivity index (χ2v) is 2.48. The van der Waals surface area contributed by atoms with E-state index in [0.29, 0.717) is 12.2 Å². The first kappa shape index (κ1) is 8.78. The molecule has 0 aliphatic carbocycles. The molecule has 0 unspecified atom stereocenters. The summed E-state index contributed by atoms with van der Waals surface area (Å²) in [6.45, 7) is 5.84. The van der Waals surface area contributed by atoms with E-state index in [1.165, 1.54) is 0 Å².